The van der Waals surface area contributed by atoms with Gasteiger partial charge in [-0.1, -0.05) is 40.5 Å². The van der Waals surface area contributed by atoms with E-state index >= 15 is 0 Å². The Bertz CT molecular complexity index is 800. The Morgan fingerprint density at radius 3 is 2.38 bits per heavy atom. The van der Waals surface area contributed by atoms with Crippen molar-refractivity contribution in [3.8, 4) is 0 Å². The van der Waals surface area contributed by atoms with Gasteiger partial charge in [0.1, 0.15) is 17.3 Å². The molecule has 3 heteroatoms. The molecule has 3 aromatic rings. The molecule has 0 saturated heterocycles. The average molecular weight is 358 g/mol. The van der Waals surface area contributed by atoms with Crippen molar-refractivity contribution in [1.29, 1.82) is 0 Å². The van der Waals surface area contributed by atoms with Crippen LogP contribution in [-0.4, -0.2) is 4.98 Å². The van der Waals surface area contributed by atoms with Gasteiger partial charge in [0, 0.05) is 23.0 Å². The van der Waals surface area contributed by atoms with Gasteiger partial charge >= 0.3 is 0 Å². The van der Waals surface area contributed by atoms with Gasteiger partial charge in [-0.15, -0.1) is 0 Å². The van der Waals surface area contributed by atoms with Crippen molar-refractivity contribution in [2.45, 2.75) is 66.2 Å². The maximum absolute atomic E-state index is 13.1. The molecule has 0 spiro atoms. The van der Waals surface area contributed by atoms with E-state index in [-0.39, 0.29) is 5.82 Å². The first-order valence-electron chi connectivity index (χ1n) is 9.72. The van der Waals surface area contributed by atoms with Gasteiger partial charge < -0.3 is 9.40 Å². The van der Waals surface area contributed by atoms with Crippen LogP contribution in [0.4, 0.5) is 4.39 Å². The normalized spacial score (nSPS) is 12.3. The zero-order valence-corrected chi connectivity index (χ0v) is 16.7. The minimum absolute atomic E-state index is 0.166. The molecule has 0 amide bonds. The molecule has 0 aliphatic carbocycles. The summed E-state index contributed by atoms with van der Waals surface area (Å²) in [4.78, 5) is 3.39. The minimum Gasteiger partial charge on any atom is -0.466 e. The Morgan fingerprint density at radius 1 is 1.04 bits per heavy atom. The van der Waals surface area contributed by atoms with Crippen molar-refractivity contribution >= 4 is 10.9 Å². The molecule has 0 bridgehead atoms. The van der Waals surface area contributed by atoms with E-state index in [0.29, 0.717) is 5.92 Å². The van der Waals surface area contributed by atoms with Crippen LogP contribution in [0.1, 0.15) is 70.1 Å². The fraction of sp³-hybridized carbons (Fsp3) is 0.478. The number of fused-ring (bicyclic) bond motifs is 1. The Labute approximate surface area is 156 Å². The third kappa shape index (κ3) is 6.05. The molecule has 1 N–H and O–H groups in total. The number of aromatic amines is 1. The molecule has 3 rings (SSSR count). The van der Waals surface area contributed by atoms with E-state index in [4.69, 9.17) is 4.42 Å². The largest absolute Gasteiger partial charge is 0.466 e. The number of furan rings is 1. The van der Waals surface area contributed by atoms with Crippen molar-refractivity contribution in [3.05, 3.63) is 59.4 Å². The zero-order valence-electron chi connectivity index (χ0n) is 16.7. The number of H-pyrrole nitrogens is 1. The Hall–Kier alpha value is -2.03. The SMILES string of the molecule is CC(C)CCCC(C)c1cc2cc(F)ccc2[nH]1.CCc1ccc(C)o1. The molecule has 1 aromatic carbocycles. The number of aryl methyl sites for hydroxylation is 2. The summed E-state index contributed by atoms with van der Waals surface area (Å²) in [6.45, 7) is 10.8. The second kappa shape index (κ2) is 9.61. The van der Waals surface area contributed by atoms with Gasteiger partial charge in [-0.25, -0.2) is 4.39 Å². The third-order valence-corrected chi connectivity index (χ3v) is 4.70. The highest BCUT2D eigenvalue weighted by atomic mass is 19.1. The van der Waals surface area contributed by atoms with Crippen LogP contribution in [0.5, 0.6) is 0 Å². The zero-order chi connectivity index (χ0) is 19.1. The summed E-state index contributed by atoms with van der Waals surface area (Å²) in [6, 6.07) is 11.0. The van der Waals surface area contributed by atoms with Crippen molar-refractivity contribution in [1.82, 2.24) is 4.98 Å². The number of halogens is 1. The summed E-state index contributed by atoms with van der Waals surface area (Å²) < 4.78 is 18.4. The molecule has 0 aliphatic rings. The van der Waals surface area contributed by atoms with E-state index in [0.717, 1.165) is 34.8 Å². The molecule has 0 aliphatic heterocycles. The predicted molar refractivity (Wildman–Crippen MR) is 108 cm³/mol. The summed E-state index contributed by atoms with van der Waals surface area (Å²) >= 11 is 0. The summed E-state index contributed by atoms with van der Waals surface area (Å²) in [6.07, 6.45) is 4.71. The Kier molecular flexibility index (Phi) is 7.50. The maximum Gasteiger partial charge on any atom is 0.123 e. The summed E-state index contributed by atoms with van der Waals surface area (Å²) in [5.41, 5.74) is 2.25. The first-order chi connectivity index (χ1) is 12.4. The second-order valence-electron chi connectivity index (χ2n) is 7.55. The summed E-state index contributed by atoms with van der Waals surface area (Å²) in [7, 11) is 0. The summed E-state index contributed by atoms with van der Waals surface area (Å²) in [5.74, 6) is 3.19. The fourth-order valence-electron chi connectivity index (χ4n) is 3.05. The van der Waals surface area contributed by atoms with Crippen LogP contribution in [0.3, 0.4) is 0 Å². The van der Waals surface area contributed by atoms with E-state index in [1.54, 1.807) is 6.07 Å². The highest BCUT2D eigenvalue weighted by Crippen LogP contribution is 2.26. The highest BCUT2D eigenvalue weighted by Gasteiger charge is 2.09. The van der Waals surface area contributed by atoms with Gasteiger partial charge in [-0.05, 0) is 61.6 Å². The molecule has 0 radical (unpaired) electrons. The molecule has 1 atom stereocenters. The lowest BCUT2D eigenvalue weighted by molar-refractivity contribution is 0.489. The minimum atomic E-state index is -0.166. The van der Waals surface area contributed by atoms with Crippen molar-refractivity contribution in [3.63, 3.8) is 0 Å². The number of hydrogen-bond acceptors (Lipinski definition) is 1. The molecule has 2 heterocycles. The molecule has 26 heavy (non-hydrogen) atoms. The molecule has 142 valence electrons. The number of hydrogen-bond donors (Lipinski definition) is 1. The average Bonchev–Trinajstić information content (AvgIpc) is 3.20. The lowest BCUT2D eigenvalue weighted by Gasteiger charge is -2.10. The van der Waals surface area contributed by atoms with Gasteiger partial charge in [-0.2, -0.15) is 0 Å². The van der Waals surface area contributed by atoms with Gasteiger partial charge in [0.05, 0.1) is 0 Å². The predicted octanol–water partition coefficient (Wildman–Crippen LogP) is 7.39. The highest BCUT2D eigenvalue weighted by molar-refractivity contribution is 5.80. The van der Waals surface area contributed by atoms with Crippen LogP contribution in [-0.2, 0) is 6.42 Å². The van der Waals surface area contributed by atoms with Crippen LogP contribution >= 0.6 is 0 Å². The lowest BCUT2D eigenvalue weighted by Crippen LogP contribution is -1.95. The Balaban J connectivity index is 0.000000254. The first-order valence-corrected chi connectivity index (χ1v) is 9.72. The number of rotatable bonds is 6. The number of benzene rings is 1. The topological polar surface area (TPSA) is 28.9 Å². The van der Waals surface area contributed by atoms with Crippen molar-refractivity contribution in [2.75, 3.05) is 0 Å². The van der Waals surface area contributed by atoms with Crippen molar-refractivity contribution < 1.29 is 8.81 Å². The van der Waals surface area contributed by atoms with E-state index < -0.39 is 0 Å². The van der Waals surface area contributed by atoms with Crippen molar-refractivity contribution in [2.24, 2.45) is 5.92 Å². The number of aromatic nitrogens is 1. The number of nitrogens with one attached hydrogen (secondary N) is 1. The van der Waals surface area contributed by atoms with Crippen LogP contribution < -0.4 is 0 Å². The summed E-state index contributed by atoms with van der Waals surface area (Å²) in [5, 5.41) is 0.973. The van der Waals surface area contributed by atoms with Crippen LogP contribution in [0.15, 0.2) is 40.8 Å². The lowest BCUT2D eigenvalue weighted by atomic mass is 9.97. The quantitative estimate of drug-likeness (QED) is 0.489. The van der Waals surface area contributed by atoms with E-state index in [2.05, 4.69) is 38.7 Å². The van der Waals surface area contributed by atoms with Gasteiger partial charge in [0.25, 0.3) is 0 Å². The van der Waals surface area contributed by atoms with Gasteiger partial charge in [0.2, 0.25) is 0 Å². The van der Waals surface area contributed by atoms with E-state index in [1.807, 2.05) is 25.1 Å². The maximum atomic E-state index is 13.1. The van der Waals surface area contributed by atoms with Gasteiger partial charge in [0.15, 0.2) is 0 Å². The van der Waals surface area contributed by atoms with Crippen LogP contribution in [0.25, 0.3) is 10.9 Å². The molecular formula is C23H32FNO. The smallest absolute Gasteiger partial charge is 0.123 e. The van der Waals surface area contributed by atoms with E-state index in [9.17, 15) is 4.39 Å². The molecular weight excluding hydrogens is 325 g/mol. The third-order valence-electron chi connectivity index (χ3n) is 4.70. The van der Waals surface area contributed by atoms with E-state index in [1.165, 1.54) is 31.0 Å². The molecule has 0 fully saturated rings. The second-order valence-corrected chi connectivity index (χ2v) is 7.55. The monoisotopic (exact) mass is 357 g/mol. The Morgan fingerprint density at radius 2 is 1.81 bits per heavy atom. The standard InChI is InChI=1S/C16H22FN.C7H10O/c1-11(2)5-4-6-12(3)16-10-13-9-14(17)7-8-15(13)18-16;1-3-7-5-4-6(2)8-7/h7-12,18H,4-6H2,1-3H3;4-5H,3H2,1-2H3. The van der Waals surface area contributed by atoms with Crippen LogP contribution in [0.2, 0.25) is 0 Å². The fourth-order valence-corrected chi connectivity index (χ4v) is 3.05. The van der Waals surface area contributed by atoms with Crippen LogP contribution in [0, 0.1) is 18.7 Å². The first kappa shape index (κ1) is 20.3. The molecule has 1 unspecified atom stereocenters. The molecule has 2 aromatic heterocycles. The molecule has 2 nitrogen and oxygen atoms in total. The molecule has 0 saturated carbocycles. The van der Waals surface area contributed by atoms with Gasteiger partial charge in [-0.3, -0.25) is 0 Å².